The summed E-state index contributed by atoms with van der Waals surface area (Å²) in [6, 6.07) is 25.8. The quantitative estimate of drug-likeness (QED) is 0.454. The van der Waals surface area contributed by atoms with Gasteiger partial charge in [0.1, 0.15) is 12.4 Å². The zero-order valence-corrected chi connectivity index (χ0v) is 14.6. The SMILES string of the molecule is Brc1cccc(COc2ccccc2C=NNc2ccccc2)c1. The predicted molar refractivity (Wildman–Crippen MR) is 103 cm³/mol. The number of anilines is 1. The summed E-state index contributed by atoms with van der Waals surface area (Å²) >= 11 is 3.47. The molecule has 0 atom stereocenters. The van der Waals surface area contributed by atoms with E-state index in [1.165, 1.54) is 0 Å². The number of nitrogens with one attached hydrogen (secondary N) is 1. The van der Waals surface area contributed by atoms with Crippen LogP contribution in [0.25, 0.3) is 0 Å². The number of hydrazone groups is 1. The number of ether oxygens (including phenoxy) is 1. The van der Waals surface area contributed by atoms with Gasteiger partial charge in [-0.25, -0.2) is 0 Å². The molecule has 0 saturated heterocycles. The van der Waals surface area contributed by atoms with Gasteiger partial charge in [0.05, 0.1) is 11.9 Å². The summed E-state index contributed by atoms with van der Waals surface area (Å²) in [6.45, 7) is 0.510. The van der Waals surface area contributed by atoms with E-state index >= 15 is 0 Å². The molecule has 24 heavy (non-hydrogen) atoms. The number of para-hydroxylation sites is 2. The van der Waals surface area contributed by atoms with Gasteiger partial charge in [0.15, 0.2) is 0 Å². The molecule has 0 amide bonds. The summed E-state index contributed by atoms with van der Waals surface area (Å²) in [6.07, 6.45) is 1.77. The molecule has 0 bridgehead atoms. The van der Waals surface area contributed by atoms with Crippen LogP contribution in [0.2, 0.25) is 0 Å². The largest absolute Gasteiger partial charge is 0.488 e. The third kappa shape index (κ3) is 4.70. The van der Waals surface area contributed by atoms with Crippen molar-refractivity contribution in [3.8, 4) is 5.75 Å². The molecule has 3 aromatic carbocycles. The maximum atomic E-state index is 5.94. The molecule has 0 aromatic heterocycles. The van der Waals surface area contributed by atoms with Crippen LogP contribution in [-0.4, -0.2) is 6.21 Å². The third-order valence-corrected chi connectivity index (χ3v) is 3.87. The van der Waals surface area contributed by atoms with Crippen molar-refractivity contribution in [1.82, 2.24) is 0 Å². The van der Waals surface area contributed by atoms with Gasteiger partial charge in [0.25, 0.3) is 0 Å². The number of halogens is 1. The van der Waals surface area contributed by atoms with Crippen molar-refractivity contribution in [3.05, 3.63) is 94.5 Å². The number of nitrogens with zero attached hydrogens (tertiary/aromatic N) is 1. The van der Waals surface area contributed by atoms with Crippen LogP contribution in [0.5, 0.6) is 5.75 Å². The average Bonchev–Trinajstić information content (AvgIpc) is 2.62. The lowest BCUT2D eigenvalue weighted by Gasteiger charge is -2.09. The lowest BCUT2D eigenvalue weighted by Crippen LogP contribution is -1.99. The molecule has 0 fully saturated rings. The molecule has 0 aliphatic rings. The van der Waals surface area contributed by atoms with Crippen molar-refractivity contribution in [1.29, 1.82) is 0 Å². The fourth-order valence-electron chi connectivity index (χ4n) is 2.20. The second-order valence-corrected chi connectivity index (χ2v) is 6.11. The molecule has 3 rings (SSSR count). The van der Waals surface area contributed by atoms with E-state index < -0.39 is 0 Å². The Hall–Kier alpha value is -2.59. The minimum atomic E-state index is 0.510. The number of rotatable bonds is 6. The van der Waals surface area contributed by atoms with Gasteiger partial charge in [-0.05, 0) is 42.0 Å². The average molecular weight is 381 g/mol. The van der Waals surface area contributed by atoms with E-state index in [4.69, 9.17) is 4.74 Å². The molecule has 3 nitrogen and oxygen atoms in total. The van der Waals surface area contributed by atoms with E-state index in [-0.39, 0.29) is 0 Å². The first kappa shape index (κ1) is 16.3. The van der Waals surface area contributed by atoms with Gasteiger partial charge in [-0.3, -0.25) is 5.43 Å². The fourth-order valence-corrected chi connectivity index (χ4v) is 2.64. The number of hydrogen-bond donors (Lipinski definition) is 1. The Morgan fingerprint density at radius 2 is 1.71 bits per heavy atom. The monoisotopic (exact) mass is 380 g/mol. The topological polar surface area (TPSA) is 33.6 Å². The minimum absolute atomic E-state index is 0.510. The highest BCUT2D eigenvalue weighted by atomic mass is 79.9. The second-order valence-electron chi connectivity index (χ2n) is 5.19. The Bertz CT molecular complexity index is 819. The van der Waals surface area contributed by atoms with Crippen molar-refractivity contribution < 1.29 is 4.74 Å². The van der Waals surface area contributed by atoms with Crippen LogP contribution in [0.4, 0.5) is 5.69 Å². The van der Waals surface area contributed by atoms with Crippen molar-refractivity contribution in [2.75, 3.05) is 5.43 Å². The Balaban J connectivity index is 1.66. The van der Waals surface area contributed by atoms with Crippen LogP contribution in [0.3, 0.4) is 0 Å². The summed E-state index contributed by atoms with van der Waals surface area (Å²) in [5, 5.41) is 4.28. The number of benzene rings is 3. The Morgan fingerprint density at radius 3 is 2.54 bits per heavy atom. The smallest absolute Gasteiger partial charge is 0.128 e. The van der Waals surface area contributed by atoms with Gasteiger partial charge in [-0.1, -0.05) is 58.4 Å². The first-order valence-electron chi connectivity index (χ1n) is 7.62. The normalized spacial score (nSPS) is 10.7. The van der Waals surface area contributed by atoms with E-state index in [9.17, 15) is 0 Å². The Kier molecular flexibility index (Phi) is 5.64. The van der Waals surface area contributed by atoms with Crippen LogP contribution < -0.4 is 10.2 Å². The lowest BCUT2D eigenvalue weighted by atomic mass is 10.2. The molecule has 1 N–H and O–H groups in total. The van der Waals surface area contributed by atoms with E-state index in [1.54, 1.807) is 6.21 Å². The minimum Gasteiger partial charge on any atom is -0.488 e. The highest BCUT2D eigenvalue weighted by Gasteiger charge is 2.02. The maximum absolute atomic E-state index is 5.94. The first-order valence-corrected chi connectivity index (χ1v) is 8.41. The predicted octanol–water partition coefficient (Wildman–Crippen LogP) is 5.47. The van der Waals surface area contributed by atoms with Crippen LogP contribution in [0, 0.1) is 0 Å². The molecular formula is C20H17BrN2O. The molecule has 120 valence electrons. The summed E-state index contributed by atoms with van der Waals surface area (Å²) in [5.41, 5.74) is 5.99. The van der Waals surface area contributed by atoms with Gasteiger partial charge in [0.2, 0.25) is 0 Å². The number of hydrogen-bond acceptors (Lipinski definition) is 3. The van der Waals surface area contributed by atoms with Gasteiger partial charge in [0, 0.05) is 10.0 Å². The molecule has 0 spiro atoms. The fraction of sp³-hybridized carbons (Fsp3) is 0.0500. The van der Waals surface area contributed by atoms with Crippen LogP contribution in [-0.2, 0) is 6.61 Å². The van der Waals surface area contributed by atoms with Gasteiger partial charge >= 0.3 is 0 Å². The van der Waals surface area contributed by atoms with E-state index in [0.717, 1.165) is 27.0 Å². The summed E-state index contributed by atoms with van der Waals surface area (Å²) < 4.78 is 6.99. The molecule has 4 heteroatoms. The lowest BCUT2D eigenvalue weighted by molar-refractivity contribution is 0.305. The zero-order chi connectivity index (χ0) is 16.6. The molecule has 0 saturated carbocycles. The van der Waals surface area contributed by atoms with Crippen molar-refractivity contribution in [2.24, 2.45) is 5.10 Å². The van der Waals surface area contributed by atoms with Gasteiger partial charge < -0.3 is 4.74 Å². The Morgan fingerprint density at radius 1 is 0.917 bits per heavy atom. The maximum Gasteiger partial charge on any atom is 0.128 e. The highest BCUT2D eigenvalue weighted by Crippen LogP contribution is 2.19. The second kappa shape index (κ2) is 8.31. The van der Waals surface area contributed by atoms with Crippen molar-refractivity contribution >= 4 is 27.8 Å². The van der Waals surface area contributed by atoms with Gasteiger partial charge in [-0.2, -0.15) is 5.10 Å². The molecule has 0 aliphatic heterocycles. The molecule has 0 unspecified atom stereocenters. The molecular weight excluding hydrogens is 364 g/mol. The Labute approximate surface area is 150 Å². The standard InChI is InChI=1S/C20H17BrN2O/c21-18-9-6-7-16(13-18)15-24-20-12-5-4-8-17(20)14-22-23-19-10-2-1-3-11-19/h1-14,23H,15H2. The zero-order valence-electron chi connectivity index (χ0n) is 13.0. The van der Waals surface area contributed by atoms with E-state index in [1.807, 2.05) is 78.9 Å². The van der Waals surface area contributed by atoms with E-state index in [2.05, 4.69) is 26.5 Å². The molecule has 0 aliphatic carbocycles. The van der Waals surface area contributed by atoms with Crippen molar-refractivity contribution in [2.45, 2.75) is 6.61 Å². The van der Waals surface area contributed by atoms with Gasteiger partial charge in [-0.15, -0.1) is 0 Å². The van der Waals surface area contributed by atoms with Crippen LogP contribution >= 0.6 is 15.9 Å². The first-order chi connectivity index (χ1) is 11.8. The highest BCUT2D eigenvalue weighted by molar-refractivity contribution is 9.10. The van der Waals surface area contributed by atoms with E-state index in [0.29, 0.717) is 6.61 Å². The summed E-state index contributed by atoms with van der Waals surface area (Å²) in [7, 11) is 0. The molecule has 3 aromatic rings. The summed E-state index contributed by atoms with van der Waals surface area (Å²) in [5.74, 6) is 0.802. The molecule has 0 heterocycles. The van der Waals surface area contributed by atoms with Crippen molar-refractivity contribution in [3.63, 3.8) is 0 Å². The molecule has 0 radical (unpaired) electrons. The van der Waals surface area contributed by atoms with Crippen LogP contribution in [0.1, 0.15) is 11.1 Å². The third-order valence-electron chi connectivity index (χ3n) is 3.37. The van der Waals surface area contributed by atoms with Crippen LogP contribution in [0.15, 0.2) is 88.4 Å². The summed E-state index contributed by atoms with van der Waals surface area (Å²) in [4.78, 5) is 0.